The minimum absolute atomic E-state index is 0.00323. The monoisotopic (exact) mass is 540 g/mol. The van der Waals surface area contributed by atoms with Crippen LogP contribution in [-0.2, 0) is 20.7 Å². The first-order chi connectivity index (χ1) is 19.2. The summed E-state index contributed by atoms with van der Waals surface area (Å²) in [5.74, 6) is 3.29. The van der Waals surface area contributed by atoms with Gasteiger partial charge in [0.15, 0.2) is 5.78 Å². The van der Waals surface area contributed by atoms with Gasteiger partial charge in [-0.2, -0.15) is 0 Å². The molecular formula is C36H44O4. The van der Waals surface area contributed by atoms with Crippen molar-refractivity contribution in [3.8, 4) is 0 Å². The maximum atomic E-state index is 12.9. The highest BCUT2D eigenvalue weighted by molar-refractivity contribution is 6.08. The molecule has 0 bridgehead atoms. The van der Waals surface area contributed by atoms with Gasteiger partial charge in [-0.3, -0.25) is 14.4 Å². The van der Waals surface area contributed by atoms with Crippen LogP contribution in [-0.4, -0.2) is 23.6 Å². The highest BCUT2D eigenvalue weighted by Crippen LogP contribution is 2.67. The van der Waals surface area contributed by atoms with E-state index in [4.69, 9.17) is 4.74 Å². The zero-order valence-corrected chi connectivity index (χ0v) is 24.4. The predicted octanol–water partition coefficient (Wildman–Crippen LogP) is 7.62. The number of rotatable bonds is 6. The fraction of sp³-hybridized carbons (Fsp3) is 0.583. The normalized spacial score (nSPS) is 36.6. The lowest BCUT2D eigenvalue weighted by molar-refractivity contribution is -0.162. The Bertz CT molecular complexity index is 1270. The Morgan fingerprint density at radius 1 is 0.775 bits per heavy atom. The molecule has 2 aromatic rings. The molecule has 212 valence electrons. The van der Waals surface area contributed by atoms with Crippen LogP contribution in [0.3, 0.4) is 0 Å². The van der Waals surface area contributed by atoms with Crippen LogP contribution in [0.2, 0.25) is 0 Å². The molecule has 0 spiro atoms. The van der Waals surface area contributed by atoms with E-state index < -0.39 is 0 Å². The molecule has 4 heteroatoms. The SMILES string of the molecule is CC(=O)[C@H]1CC[C@H]2[C@@H]3CC[C@H]4C[C@H](OC(=O)Cc5ccc(C(=O)c6ccccc6)cc5)CC[C@]4(C)[C@@H]3CC[C@]12C. The molecular weight excluding hydrogens is 496 g/mol. The van der Waals surface area contributed by atoms with E-state index in [0.29, 0.717) is 34.2 Å². The lowest BCUT2D eigenvalue weighted by Gasteiger charge is -2.61. The van der Waals surface area contributed by atoms with Gasteiger partial charge in [-0.25, -0.2) is 0 Å². The third-order valence-electron chi connectivity index (χ3n) is 12.0. The van der Waals surface area contributed by atoms with E-state index in [1.807, 2.05) is 49.4 Å². The van der Waals surface area contributed by atoms with Gasteiger partial charge in [0, 0.05) is 17.0 Å². The highest BCUT2D eigenvalue weighted by atomic mass is 16.5. The fourth-order valence-corrected chi connectivity index (χ4v) is 9.92. The van der Waals surface area contributed by atoms with E-state index >= 15 is 0 Å². The van der Waals surface area contributed by atoms with Crippen molar-refractivity contribution >= 4 is 17.5 Å². The number of fused-ring (bicyclic) bond motifs is 5. The zero-order chi connectivity index (χ0) is 28.1. The molecule has 6 rings (SSSR count). The molecule has 8 atom stereocenters. The van der Waals surface area contributed by atoms with Crippen LogP contribution in [0.25, 0.3) is 0 Å². The number of Topliss-reactive ketones (excluding diaryl/α,β-unsaturated/α-hetero) is 1. The lowest BCUT2D eigenvalue weighted by atomic mass is 9.44. The van der Waals surface area contributed by atoms with Crippen LogP contribution in [0.5, 0.6) is 0 Å². The number of esters is 1. The van der Waals surface area contributed by atoms with Crippen LogP contribution < -0.4 is 0 Å². The summed E-state index contributed by atoms with van der Waals surface area (Å²) in [5, 5.41) is 0. The molecule has 4 fully saturated rings. The molecule has 0 heterocycles. The van der Waals surface area contributed by atoms with Crippen molar-refractivity contribution in [3.05, 3.63) is 71.3 Å². The lowest BCUT2D eigenvalue weighted by Crippen LogP contribution is -2.54. The first-order valence-electron chi connectivity index (χ1n) is 15.6. The summed E-state index contributed by atoms with van der Waals surface area (Å²) >= 11 is 0. The summed E-state index contributed by atoms with van der Waals surface area (Å²) in [4.78, 5) is 38.0. The van der Waals surface area contributed by atoms with Crippen molar-refractivity contribution in [1.82, 2.24) is 0 Å². The molecule has 0 radical (unpaired) electrons. The number of benzene rings is 2. The number of carbonyl (C=O) groups excluding carboxylic acids is 3. The Morgan fingerprint density at radius 2 is 1.45 bits per heavy atom. The fourth-order valence-electron chi connectivity index (χ4n) is 9.92. The van der Waals surface area contributed by atoms with E-state index in [9.17, 15) is 14.4 Å². The predicted molar refractivity (Wildman–Crippen MR) is 156 cm³/mol. The van der Waals surface area contributed by atoms with Crippen LogP contribution >= 0.6 is 0 Å². The Labute approximate surface area is 239 Å². The highest BCUT2D eigenvalue weighted by Gasteiger charge is 2.60. The summed E-state index contributed by atoms with van der Waals surface area (Å²) in [6.45, 7) is 6.77. The van der Waals surface area contributed by atoms with E-state index in [1.54, 1.807) is 12.1 Å². The van der Waals surface area contributed by atoms with Gasteiger partial charge in [-0.05, 0) is 105 Å². The number of hydrogen-bond donors (Lipinski definition) is 0. The largest absolute Gasteiger partial charge is 0.462 e. The average Bonchev–Trinajstić information content (AvgIpc) is 3.31. The smallest absolute Gasteiger partial charge is 0.310 e. The molecule has 0 aromatic heterocycles. The second kappa shape index (κ2) is 10.6. The maximum absolute atomic E-state index is 12.9. The van der Waals surface area contributed by atoms with Crippen molar-refractivity contribution in [2.75, 3.05) is 0 Å². The molecule has 0 amide bonds. The summed E-state index contributed by atoms with van der Waals surface area (Å²) in [6.07, 6.45) is 10.6. The van der Waals surface area contributed by atoms with Gasteiger partial charge in [0.2, 0.25) is 0 Å². The average molecular weight is 541 g/mol. The van der Waals surface area contributed by atoms with Gasteiger partial charge in [0.05, 0.1) is 6.42 Å². The molecule has 2 aromatic carbocycles. The van der Waals surface area contributed by atoms with E-state index in [2.05, 4.69) is 13.8 Å². The Balaban J connectivity index is 1.05. The Kier molecular flexibility index (Phi) is 7.25. The van der Waals surface area contributed by atoms with E-state index in [0.717, 1.165) is 43.1 Å². The van der Waals surface area contributed by atoms with Gasteiger partial charge in [0.25, 0.3) is 0 Å². The third-order valence-corrected chi connectivity index (χ3v) is 12.0. The molecule has 40 heavy (non-hydrogen) atoms. The van der Waals surface area contributed by atoms with E-state index in [1.165, 1.54) is 32.1 Å². The van der Waals surface area contributed by atoms with Crippen molar-refractivity contribution in [2.24, 2.45) is 40.4 Å². The summed E-state index contributed by atoms with van der Waals surface area (Å²) < 4.78 is 6.05. The number of ether oxygens (including phenoxy) is 1. The minimum atomic E-state index is -0.168. The molecule has 0 unspecified atom stereocenters. The topological polar surface area (TPSA) is 60.4 Å². The molecule has 4 aliphatic rings. The van der Waals surface area contributed by atoms with Crippen LogP contribution in [0.15, 0.2) is 54.6 Å². The van der Waals surface area contributed by atoms with Gasteiger partial charge in [0.1, 0.15) is 11.9 Å². The summed E-state index contributed by atoms with van der Waals surface area (Å²) in [5.41, 5.74) is 2.70. The van der Waals surface area contributed by atoms with Crippen LogP contribution in [0.4, 0.5) is 0 Å². The molecule has 4 nitrogen and oxygen atoms in total. The molecule has 0 aliphatic heterocycles. The molecule has 0 saturated heterocycles. The van der Waals surface area contributed by atoms with Gasteiger partial charge < -0.3 is 4.74 Å². The van der Waals surface area contributed by atoms with Crippen LogP contribution in [0, 0.1) is 40.4 Å². The maximum Gasteiger partial charge on any atom is 0.310 e. The molecule has 4 aliphatic carbocycles. The zero-order valence-electron chi connectivity index (χ0n) is 24.4. The Morgan fingerprint density at radius 3 is 2.17 bits per heavy atom. The van der Waals surface area contributed by atoms with Crippen molar-refractivity contribution < 1.29 is 19.1 Å². The number of carbonyl (C=O) groups is 3. The summed E-state index contributed by atoms with van der Waals surface area (Å²) in [6, 6.07) is 16.6. The third kappa shape index (κ3) is 4.76. The minimum Gasteiger partial charge on any atom is -0.462 e. The standard InChI is InChI=1S/C36H44O4/c1-23(37)30-15-16-31-29-14-13-27-22-28(17-19-35(27,2)32(29)18-20-36(30,31)3)40-33(38)21-24-9-11-26(12-10-24)34(39)25-7-5-4-6-8-25/h4-12,27-32H,13-22H2,1-3H3/t27-,28+,29-,30+,31-,32+,35-,36+/m0/s1. The van der Waals surface area contributed by atoms with Crippen molar-refractivity contribution in [1.29, 1.82) is 0 Å². The second-order valence-electron chi connectivity index (χ2n) is 13.9. The second-order valence-corrected chi connectivity index (χ2v) is 13.9. The van der Waals surface area contributed by atoms with Crippen molar-refractivity contribution in [3.63, 3.8) is 0 Å². The quantitative estimate of drug-likeness (QED) is 0.279. The van der Waals surface area contributed by atoms with Gasteiger partial charge in [-0.15, -0.1) is 0 Å². The molecule has 4 saturated carbocycles. The van der Waals surface area contributed by atoms with Gasteiger partial charge >= 0.3 is 5.97 Å². The Hall–Kier alpha value is -2.75. The summed E-state index contributed by atoms with van der Waals surface area (Å²) in [7, 11) is 0. The van der Waals surface area contributed by atoms with Crippen molar-refractivity contribution in [2.45, 2.75) is 91.1 Å². The first kappa shape index (κ1) is 27.4. The first-order valence-corrected chi connectivity index (χ1v) is 15.6. The number of hydrogen-bond acceptors (Lipinski definition) is 4. The van der Waals surface area contributed by atoms with Gasteiger partial charge in [-0.1, -0.05) is 68.4 Å². The molecule has 0 N–H and O–H groups in total. The number of ketones is 2. The van der Waals surface area contributed by atoms with Crippen LogP contribution in [0.1, 0.15) is 100 Å². The van der Waals surface area contributed by atoms with E-state index in [-0.39, 0.29) is 35.6 Å².